The number of hydrogen-bond donors (Lipinski definition) is 2. The number of carbonyl (C=O) groups is 1. The minimum atomic E-state index is -3.75. The van der Waals surface area contributed by atoms with Gasteiger partial charge < -0.3 is 10.6 Å². The Bertz CT molecular complexity index is 869. The van der Waals surface area contributed by atoms with E-state index in [2.05, 4.69) is 10.6 Å². The molecule has 1 heterocycles. The number of anilines is 1. The van der Waals surface area contributed by atoms with Crippen molar-refractivity contribution in [2.24, 2.45) is 0 Å². The predicted octanol–water partition coefficient (Wildman–Crippen LogP) is 2.42. The van der Waals surface area contributed by atoms with Gasteiger partial charge in [0.1, 0.15) is 0 Å². The zero-order valence-electron chi connectivity index (χ0n) is 15.1. The summed E-state index contributed by atoms with van der Waals surface area (Å²) in [6.45, 7) is 3.70. The van der Waals surface area contributed by atoms with E-state index in [-0.39, 0.29) is 29.3 Å². The molecule has 146 valence electrons. The fourth-order valence-electron chi connectivity index (χ4n) is 3.06. The highest BCUT2D eigenvalue weighted by Gasteiger charge is 2.25. The highest BCUT2D eigenvalue weighted by molar-refractivity contribution is 7.92. The van der Waals surface area contributed by atoms with Gasteiger partial charge in [-0.3, -0.25) is 9.10 Å². The Morgan fingerprint density at radius 2 is 1.93 bits per heavy atom. The van der Waals surface area contributed by atoms with Crippen molar-refractivity contribution >= 4 is 34.0 Å². The second kappa shape index (κ2) is 9.21. The minimum absolute atomic E-state index is 0. The van der Waals surface area contributed by atoms with Crippen molar-refractivity contribution in [3.63, 3.8) is 0 Å². The molecule has 6 nitrogen and oxygen atoms in total. The van der Waals surface area contributed by atoms with E-state index in [1.54, 1.807) is 43.3 Å². The first kappa shape index (κ1) is 21.2. The molecule has 1 fully saturated rings. The monoisotopic (exact) mass is 409 g/mol. The lowest BCUT2D eigenvalue weighted by Crippen LogP contribution is -2.36. The standard InChI is InChI=1S/C19H23N3O3S.ClH/c1-2-22(17-8-4-3-5-9-17)26(24,25)18-10-6-7-15(13-18)19(23)21-16-11-12-20-14-16;/h3-10,13,16,20H,2,11-12,14H2,1H3,(H,21,23);1H. The first-order valence-corrected chi connectivity index (χ1v) is 10.2. The highest BCUT2D eigenvalue weighted by Crippen LogP contribution is 2.23. The molecule has 1 aliphatic heterocycles. The molecule has 1 atom stereocenters. The van der Waals surface area contributed by atoms with E-state index in [4.69, 9.17) is 0 Å². The van der Waals surface area contributed by atoms with Crippen molar-refractivity contribution in [2.45, 2.75) is 24.3 Å². The van der Waals surface area contributed by atoms with Gasteiger partial charge in [0, 0.05) is 24.7 Å². The highest BCUT2D eigenvalue weighted by atomic mass is 35.5. The summed E-state index contributed by atoms with van der Waals surface area (Å²) in [4.78, 5) is 12.6. The van der Waals surface area contributed by atoms with Crippen LogP contribution in [-0.4, -0.2) is 40.0 Å². The Hall–Kier alpha value is -2.09. The van der Waals surface area contributed by atoms with Crippen molar-refractivity contribution in [1.29, 1.82) is 0 Å². The summed E-state index contributed by atoms with van der Waals surface area (Å²) in [5.41, 5.74) is 0.948. The van der Waals surface area contributed by atoms with Gasteiger partial charge in [0.05, 0.1) is 10.6 Å². The van der Waals surface area contributed by atoms with E-state index in [1.807, 2.05) is 6.07 Å². The van der Waals surface area contributed by atoms with Crippen LogP contribution >= 0.6 is 12.4 Å². The van der Waals surface area contributed by atoms with Crippen LogP contribution in [-0.2, 0) is 10.0 Å². The number of hydrogen-bond acceptors (Lipinski definition) is 4. The molecular weight excluding hydrogens is 386 g/mol. The summed E-state index contributed by atoms with van der Waals surface area (Å²) < 4.78 is 27.5. The molecule has 2 aromatic rings. The minimum Gasteiger partial charge on any atom is -0.348 e. The Balaban J connectivity index is 0.00000261. The SMILES string of the molecule is CCN(c1ccccc1)S(=O)(=O)c1cccc(C(=O)NC2CCNC2)c1.Cl. The molecule has 3 rings (SSSR count). The van der Waals surface area contributed by atoms with Gasteiger partial charge in [0.25, 0.3) is 15.9 Å². The van der Waals surface area contributed by atoms with E-state index in [1.165, 1.54) is 16.4 Å². The van der Waals surface area contributed by atoms with Crippen LogP contribution in [0, 0.1) is 0 Å². The molecule has 0 aliphatic carbocycles. The molecule has 0 bridgehead atoms. The number of halogens is 1. The summed E-state index contributed by atoms with van der Waals surface area (Å²) in [6, 6.07) is 15.2. The van der Waals surface area contributed by atoms with Crippen LogP contribution in [0.25, 0.3) is 0 Å². The summed E-state index contributed by atoms with van der Waals surface area (Å²) in [7, 11) is -3.75. The molecule has 0 spiro atoms. The van der Waals surface area contributed by atoms with Crippen LogP contribution in [0.3, 0.4) is 0 Å². The molecule has 0 radical (unpaired) electrons. The van der Waals surface area contributed by atoms with Crippen molar-refractivity contribution in [1.82, 2.24) is 10.6 Å². The van der Waals surface area contributed by atoms with E-state index >= 15 is 0 Å². The van der Waals surface area contributed by atoms with Crippen LogP contribution < -0.4 is 14.9 Å². The number of para-hydroxylation sites is 1. The maximum Gasteiger partial charge on any atom is 0.264 e. The zero-order chi connectivity index (χ0) is 18.6. The lowest BCUT2D eigenvalue weighted by atomic mass is 10.2. The molecule has 27 heavy (non-hydrogen) atoms. The average Bonchev–Trinajstić information content (AvgIpc) is 3.16. The lowest BCUT2D eigenvalue weighted by molar-refractivity contribution is 0.0940. The number of benzene rings is 2. The molecule has 1 saturated heterocycles. The molecule has 0 saturated carbocycles. The molecule has 8 heteroatoms. The Labute approximate surface area is 166 Å². The zero-order valence-corrected chi connectivity index (χ0v) is 16.7. The predicted molar refractivity (Wildman–Crippen MR) is 109 cm³/mol. The van der Waals surface area contributed by atoms with E-state index < -0.39 is 10.0 Å². The molecule has 1 amide bonds. The van der Waals surface area contributed by atoms with Crippen molar-refractivity contribution in [3.05, 3.63) is 60.2 Å². The third-order valence-electron chi connectivity index (χ3n) is 4.41. The first-order valence-electron chi connectivity index (χ1n) is 8.72. The van der Waals surface area contributed by atoms with Crippen LogP contribution in [0.1, 0.15) is 23.7 Å². The van der Waals surface area contributed by atoms with Crippen LogP contribution in [0.2, 0.25) is 0 Å². The van der Waals surface area contributed by atoms with Crippen LogP contribution in [0.5, 0.6) is 0 Å². The van der Waals surface area contributed by atoms with Crippen LogP contribution in [0.4, 0.5) is 5.69 Å². The van der Waals surface area contributed by atoms with Crippen molar-refractivity contribution in [3.8, 4) is 0 Å². The van der Waals surface area contributed by atoms with Gasteiger partial charge in [-0.1, -0.05) is 24.3 Å². The Kier molecular flexibility index (Phi) is 7.24. The molecule has 1 aliphatic rings. The smallest absolute Gasteiger partial charge is 0.264 e. The first-order chi connectivity index (χ1) is 12.5. The number of rotatable bonds is 6. The van der Waals surface area contributed by atoms with E-state index in [0.29, 0.717) is 17.8 Å². The summed E-state index contributed by atoms with van der Waals surface area (Å²) in [5.74, 6) is -0.251. The van der Waals surface area contributed by atoms with Gasteiger partial charge >= 0.3 is 0 Å². The van der Waals surface area contributed by atoms with Gasteiger partial charge in [-0.2, -0.15) is 0 Å². The third kappa shape index (κ3) is 4.80. The normalized spacial score (nSPS) is 16.4. The fraction of sp³-hybridized carbons (Fsp3) is 0.316. The number of amides is 1. The van der Waals surface area contributed by atoms with E-state index in [0.717, 1.165) is 19.5 Å². The largest absolute Gasteiger partial charge is 0.348 e. The van der Waals surface area contributed by atoms with Gasteiger partial charge in [0.2, 0.25) is 0 Å². The Morgan fingerprint density at radius 1 is 1.19 bits per heavy atom. The molecule has 2 aromatic carbocycles. The maximum absolute atomic E-state index is 13.1. The maximum atomic E-state index is 13.1. The van der Waals surface area contributed by atoms with Crippen molar-refractivity contribution < 1.29 is 13.2 Å². The van der Waals surface area contributed by atoms with Crippen LogP contribution in [0.15, 0.2) is 59.5 Å². The summed E-state index contributed by atoms with van der Waals surface area (Å²) >= 11 is 0. The van der Waals surface area contributed by atoms with E-state index in [9.17, 15) is 13.2 Å². The quantitative estimate of drug-likeness (QED) is 0.768. The number of nitrogens with zero attached hydrogens (tertiary/aromatic N) is 1. The molecular formula is C19H24ClN3O3S. The lowest BCUT2D eigenvalue weighted by Gasteiger charge is -2.23. The molecule has 1 unspecified atom stereocenters. The van der Waals surface area contributed by atoms with Gasteiger partial charge in [-0.05, 0) is 50.2 Å². The summed E-state index contributed by atoms with van der Waals surface area (Å²) in [5, 5.41) is 6.13. The van der Waals surface area contributed by atoms with Gasteiger partial charge in [0.15, 0.2) is 0 Å². The van der Waals surface area contributed by atoms with Gasteiger partial charge in [-0.25, -0.2) is 8.42 Å². The fourth-order valence-corrected chi connectivity index (χ4v) is 4.58. The second-order valence-electron chi connectivity index (χ2n) is 6.20. The number of sulfonamides is 1. The molecule has 2 N–H and O–H groups in total. The van der Waals surface area contributed by atoms with Crippen molar-refractivity contribution in [2.75, 3.05) is 23.9 Å². The Morgan fingerprint density at radius 3 is 2.56 bits per heavy atom. The topological polar surface area (TPSA) is 78.5 Å². The summed E-state index contributed by atoms with van der Waals surface area (Å²) in [6.07, 6.45) is 0.876. The number of nitrogens with one attached hydrogen (secondary N) is 2. The van der Waals surface area contributed by atoms with Gasteiger partial charge in [-0.15, -0.1) is 12.4 Å². The third-order valence-corrected chi connectivity index (χ3v) is 6.31. The number of carbonyl (C=O) groups excluding carboxylic acids is 1. The average molecular weight is 410 g/mol. The second-order valence-corrected chi connectivity index (χ2v) is 8.06. The molecule has 0 aromatic heterocycles.